The summed E-state index contributed by atoms with van der Waals surface area (Å²) in [5.74, 6) is -0.962. The van der Waals surface area contributed by atoms with Gasteiger partial charge in [0, 0.05) is 12.5 Å². The monoisotopic (exact) mass is 308 g/mol. The molecule has 9 heteroatoms. The van der Waals surface area contributed by atoms with Crippen LogP contribution in [-0.2, 0) is 11.2 Å². The highest BCUT2D eigenvalue weighted by molar-refractivity contribution is 5.80. The zero-order valence-electron chi connectivity index (χ0n) is 11.2. The number of carbonyl (C=O) groups is 2. The Morgan fingerprint density at radius 2 is 2.14 bits per heavy atom. The van der Waals surface area contributed by atoms with Crippen molar-refractivity contribution in [2.75, 3.05) is 13.1 Å². The number of hydrogen-bond donors (Lipinski definition) is 2. The van der Waals surface area contributed by atoms with Crippen LogP contribution in [0.1, 0.15) is 12.7 Å². The maximum absolute atomic E-state index is 12.3. The highest BCUT2D eigenvalue weighted by Crippen LogP contribution is 2.16. The number of carboxylic acids is 1. The third-order valence-electron chi connectivity index (χ3n) is 2.44. The number of urea groups is 1. The number of carbonyl (C=O) groups excluding carboxylic acids is 1. The molecule has 0 bridgehead atoms. The number of carboxylic acid groups (broad SMARTS) is 1. The molecular weight excluding hydrogens is 293 g/mol. The molecule has 0 saturated heterocycles. The van der Waals surface area contributed by atoms with E-state index >= 15 is 0 Å². The van der Waals surface area contributed by atoms with Gasteiger partial charge in [0.05, 0.1) is 6.26 Å². The summed E-state index contributed by atoms with van der Waals surface area (Å²) in [7, 11) is 0. The van der Waals surface area contributed by atoms with E-state index in [1.165, 1.54) is 6.26 Å². The topological polar surface area (TPSA) is 82.8 Å². The maximum atomic E-state index is 12.3. The Kier molecular flexibility index (Phi) is 5.62. The zero-order chi connectivity index (χ0) is 16.0. The minimum Gasteiger partial charge on any atom is -0.480 e. The molecule has 1 aromatic rings. The van der Waals surface area contributed by atoms with Crippen molar-refractivity contribution in [1.82, 2.24) is 10.2 Å². The zero-order valence-corrected chi connectivity index (χ0v) is 11.2. The molecule has 0 aliphatic carbocycles. The average Bonchev–Trinajstić information content (AvgIpc) is 2.77. The Bertz CT molecular complexity index is 473. The molecule has 0 radical (unpaired) electrons. The largest absolute Gasteiger partial charge is 0.480 e. The highest BCUT2D eigenvalue weighted by Gasteiger charge is 2.34. The van der Waals surface area contributed by atoms with E-state index in [0.29, 0.717) is 5.76 Å². The normalized spacial score (nSPS) is 12.8. The van der Waals surface area contributed by atoms with Crippen molar-refractivity contribution in [3.8, 4) is 0 Å². The van der Waals surface area contributed by atoms with Crippen molar-refractivity contribution in [2.24, 2.45) is 0 Å². The molecule has 118 valence electrons. The lowest BCUT2D eigenvalue weighted by Crippen LogP contribution is -2.49. The molecule has 0 fully saturated rings. The molecule has 0 aromatic carbocycles. The number of halogens is 3. The quantitative estimate of drug-likeness (QED) is 0.840. The van der Waals surface area contributed by atoms with Gasteiger partial charge in [-0.3, -0.25) is 4.79 Å². The van der Waals surface area contributed by atoms with Gasteiger partial charge in [-0.25, -0.2) is 4.79 Å². The van der Waals surface area contributed by atoms with E-state index in [4.69, 9.17) is 9.52 Å². The van der Waals surface area contributed by atoms with E-state index in [1.807, 2.05) is 0 Å². The van der Waals surface area contributed by atoms with Crippen LogP contribution < -0.4 is 5.32 Å². The fourth-order valence-electron chi connectivity index (χ4n) is 1.66. The molecule has 0 spiro atoms. The van der Waals surface area contributed by atoms with Gasteiger partial charge in [-0.2, -0.15) is 13.2 Å². The second-order valence-corrected chi connectivity index (χ2v) is 4.50. The van der Waals surface area contributed by atoms with Crippen LogP contribution in [0.15, 0.2) is 22.8 Å². The summed E-state index contributed by atoms with van der Waals surface area (Å²) in [5, 5.41) is 10.9. The Hall–Kier alpha value is -2.19. The van der Waals surface area contributed by atoms with Crippen molar-refractivity contribution >= 4 is 12.0 Å². The lowest BCUT2D eigenvalue weighted by Gasteiger charge is -2.24. The summed E-state index contributed by atoms with van der Waals surface area (Å²) in [6.45, 7) is -1.08. The summed E-state index contributed by atoms with van der Waals surface area (Å²) in [4.78, 5) is 22.4. The molecule has 6 nitrogen and oxygen atoms in total. The van der Waals surface area contributed by atoms with Crippen LogP contribution in [0.5, 0.6) is 0 Å². The number of hydrogen-bond acceptors (Lipinski definition) is 3. The number of nitrogens with zero attached hydrogens (tertiary/aromatic N) is 1. The van der Waals surface area contributed by atoms with Crippen LogP contribution >= 0.6 is 0 Å². The minimum atomic E-state index is -4.67. The summed E-state index contributed by atoms with van der Waals surface area (Å²) >= 11 is 0. The first-order valence-corrected chi connectivity index (χ1v) is 6.03. The van der Waals surface area contributed by atoms with Gasteiger partial charge in [-0.15, -0.1) is 0 Å². The Morgan fingerprint density at radius 3 is 2.62 bits per heavy atom. The van der Waals surface area contributed by atoms with Crippen molar-refractivity contribution < 1.29 is 32.3 Å². The third kappa shape index (κ3) is 6.68. The minimum absolute atomic E-state index is 0.195. The van der Waals surface area contributed by atoms with Crippen molar-refractivity contribution in [2.45, 2.75) is 25.6 Å². The third-order valence-corrected chi connectivity index (χ3v) is 2.44. The van der Waals surface area contributed by atoms with Gasteiger partial charge in [0.1, 0.15) is 18.8 Å². The summed E-state index contributed by atoms with van der Waals surface area (Å²) in [6, 6.07) is 1.71. The SMILES string of the molecule is CC(Cc1ccco1)NC(=O)N(CC(=O)O)CC(F)(F)F. The molecule has 1 aromatic heterocycles. The van der Waals surface area contributed by atoms with E-state index in [2.05, 4.69) is 5.32 Å². The fourth-order valence-corrected chi connectivity index (χ4v) is 1.66. The molecular formula is C12H15F3N2O4. The maximum Gasteiger partial charge on any atom is 0.406 e. The van der Waals surface area contributed by atoms with Crippen molar-refractivity contribution in [3.05, 3.63) is 24.2 Å². The molecule has 2 amide bonds. The van der Waals surface area contributed by atoms with E-state index in [0.717, 1.165) is 0 Å². The van der Waals surface area contributed by atoms with Crippen LogP contribution in [0.2, 0.25) is 0 Å². The molecule has 1 unspecified atom stereocenters. The molecule has 0 aliphatic rings. The number of alkyl halides is 3. The number of rotatable bonds is 6. The summed E-state index contributed by atoms with van der Waals surface area (Å²) in [6.07, 6.45) is -2.95. The summed E-state index contributed by atoms with van der Waals surface area (Å²) < 4.78 is 42.0. The second-order valence-electron chi connectivity index (χ2n) is 4.50. The predicted molar refractivity (Wildman–Crippen MR) is 65.7 cm³/mol. The van der Waals surface area contributed by atoms with E-state index in [-0.39, 0.29) is 11.3 Å². The first-order chi connectivity index (χ1) is 9.67. The van der Waals surface area contributed by atoms with Crippen LogP contribution in [0, 0.1) is 0 Å². The second kappa shape index (κ2) is 7.00. The van der Waals surface area contributed by atoms with Crippen molar-refractivity contribution in [3.63, 3.8) is 0 Å². The molecule has 2 N–H and O–H groups in total. The van der Waals surface area contributed by atoms with Crippen LogP contribution in [0.3, 0.4) is 0 Å². The number of amides is 2. The van der Waals surface area contributed by atoms with Crippen LogP contribution in [0.4, 0.5) is 18.0 Å². The highest BCUT2D eigenvalue weighted by atomic mass is 19.4. The number of furan rings is 1. The smallest absolute Gasteiger partial charge is 0.406 e. The fraction of sp³-hybridized carbons (Fsp3) is 0.500. The predicted octanol–water partition coefficient (Wildman–Crippen LogP) is 1.87. The van der Waals surface area contributed by atoms with E-state index < -0.39 is 37.3 Å². The van der Waals surface area contributed by atoms with Gasteiger partial charge < -0.3 is 19.7 Å². The molecule has 0 aliphatic heterocycles. The lowest BCUT2D eigenvalue weighted by atomic mass is 10.2. The van der Waals surface area contributed by atoms with Gasteiger partial charge in [-0.1, -0.05) is 0 Å². The lowest BCUT2D eigenvalue weighted by molar-refractivity contribution is -0.149. The van der Waals surface area contributed by atoms with Gasteiger partial charge in [0.15, 0.2) is 0 Å². The van der Waals surface area contributed by atoms with Crippen LogP contribution in [0.25, 0.3) is 0 Å². The Balaban J connectivity index is 2.60. The van der Waals surface area contributed by atoms with Gasteiger partial charge >= 0.3 is 18.2 Å². The van der Waals surface area contributed by atoms with E-state index in [1.54, 1.807) is 19.1 Å². The molecule has 1 rings (SSSR count). The first kappa shape index (κ1) is 16.9. The van der Waals surface area contributed by atoms with Gasteiger partial charge in [-0.05, 0) is 19.1 Å². The first-order valence-electron chi connectivity index (χ1n) is 6.03. The number of aliphatic carboxylic acids is 1. The molecule has 1 atom stereocenters. The standard InChI is InChI=1S/C12H15F3N2O4/c1-8(5-9-3-2-4-21-9)16-11(20)17(6-10(18)19)7-12(13,14)15/h2-4,8H,5-7H2,1H3,(H,16,20)(H,18,19). The van der Waals surface area contributed by atoms with Crippen LogP contribution in [-0.4, -0.2) is 47.3 Å². The molecule has 21 heavy (non-hydrogen) atoms. The Morgan fingerprint density at radius 1 is 1.48 bits per heavy atom. The number of nitrogens with one attached hydrogen (secondary N) is 1. The summed E-state index contributed by atoms with van der Waals surface area (Å²) in [5.41, 5.74) is 0. The molecule has 0 saturated carbocycles. The van der Waals surface area contributed by atoms with Crippen molar-refractivity contribution in [1.29, 1.82) is 0 Å². The average molecular weight is 308 g/mol. The van der Waals surface area contributed by atoms with E-state index in [9.17, 15) is 22.8 Å². The van der Waals surface area contributed by atoms with Gasteiger partial charge in [0.2, 0.25) is 0 Å². The molecule has 1 heterocycles. The van der Waals surface area contributed by atoms with Gasteiger partial charge in [0.25, 0.3) is 0 Å². The Labute approximate surface area is 118 Å².